The Labute approximate surface area is 323 Å². The lowest BCUT2D eigenvalue weighted by atomic mass is 9.98. The first-order valence-corrected chi connectivity index (χ1v) is 16.9. The van der Waals surface area contributed by atoms with Gasteiger partial charge >= 0.3 is 11.9 Å². The van der Waals surface area contributed by atoms with Crippen LogP contribution < -0.4 is 0 Å². The second-order valence-corrected chi connectivity index (χ2v) is 11.9. The predicted octanol–water partition coefficient (Wildman–Crippen LogP) is -10.8. The first-order valence-electron chi connectivity index (χ1n) is 16.9. The number of aliphatic carboxylic acids is 2. The summed E-state index contributed by atoms with van der Waals surface area (Å²) in [6.45, 7) is 0.352. The van der Waals surface area contributed by atoms with Gasteiger partial charge in [0.25, 0.3) is 0 Å². The average molecular weight is 851 g/mol. The Morgan fingerprint density at radius 1 is 0.684 bits per heavy atom. The SMILES string of the molecule is CCCO.CCO.O=C(O)C(=O)O.O=C[C@@H](O)[C@H](O)[C@H](O)CO.OC[C@H]1O[C@H](OC[C@H]2O[C@H](O[C@]3(CO)O[C@H](CO)[C@@H](O)[C@@H]3O)[C@H](O)[C@@H](O)[C@@H]2O)[C@H](O)[C@@H](O)[C@H]1O. The highest BCUT2D eigenvalue weighted by atomic mass is 16.8. The van der Waals surface area contributed by atoms with Crippen LogP contribution in [0.2, 0.25) is 0 Å². The number of carbonyl (C=O) groups is 3. The Bertz CT molecular complexity index is 1070. The fourth-order valence-electron chi connectivity index (χ4n) is 4.43. The molecule has 0 saturated carbocycles. The van der Waals surface area contributed by atoms with Gasteiger partial charge in [0.05, 0.1) is 26.4 Å². The smallest absolute Gasteiger partial charge is 0.414 e. The van der Waals surface area contributed by atoms with E-state index in [4.69, 9.17) is 74.1 Å². The first kappa shape index (κ1) is 56.8. The molecule has 3 heterocycles. The Kier molecular flexibility index (Phi) is 28.9. The van der Waals surface area contributed by atoms with E-state index in [1.165, 1.54) is 0 Å². The van der Waals surface area contributed by atoms with E-state index < -0.39 is 149 Å². The second kappa shape index (κ2) is 29.0. The molecule has 27 heteroatoms. The summed E-state index contributed by atoms with van der Waals surface area (Å²) in [5, 5.41) is 173. The lowest BCUT2D eigenvalue weighted by molar-refractivity contribution is -0.388. The van der Waals surface area contributed by atoms with E-state index in [9.17, 15) is 61.0 Å². The third-order valence-corrected chi connectivity index (χ3v) is 7.64. The fourth-order valence-corrected chi connectivity index (χ4v) is 4.43. The molecule has 57 heavy (non-hydrogen) atoms. The topological polar surface area (TPSA) is 482 Å². The van der Waals surface area contributed by atoms with Crippen molar-refractivity contribution in [2.45, 2.75) is 124 Å². The second-order valence-electron chi connectivity index (χ2n) is 11.9. The Hall–Kier alpha value is -2.27. The van der Waals surface area contributed by atoms with E-state index in [-0.39, 0.29) is 12.9 Å². The van der Waals surface area contributed by atoms with Crippen LogP contribution in [0, 0.1) is 0 Å². The standard InChI is InChI=1S/C18H32O16.C5H10O5.C3H8O.C2H2O4.C2H6O/c19-1-5-8(22)11(25)13(27)16(31-5)30-3-7-9(23)12(26)14(28)17(32-7)34-18(4-21)15(29)10(24)6(2-20)33-18;6-1-3(8)5(10)4(9)2-7;1-2-3-4;3-1(4)2(5)6;1-2-3/h5-17,19-29H,1-4H2;1,3-5,7-10H,2H2;4H,2-3H2,1H3;(H,3,4)(H,5,6);3H,2H2,1H3/t5-,6-,7-,8+,9-,10-,11+,12+,13-,14-,15+,16+,17-,18+;3-,4-,5+;;;/m11.../s1. The molecule has 3 aliphatic rings. The predicted molar refractivity (Wildman–Crippen MR) is 178 cm³/mol. The van der Waals surface area contributed by atoms with Gasteiger partial charge < -0.3 is 126 Å². The number of carboxylic acids is 2. The zero-order chi connectivity index (χ0) is 44.8. The number of aliphatic hydroxyl groups is 17. The van der Waals surface area contributed by atoms with E-state index in [1.54, 1.807) is 6.92 Å². The summed E-state index contributed by atoms with van der Waals surface area (Å²) >= 11 is 0. The summed E-state index contributed by atoms with van der Waals surface area (Å²) < 4.78 is 26.4. The van der Waals surface area contributed by atoms with Crippen LogP contribution in [-0.2, 0) is 38.1 Å². The van der Waals surface area contributed by atoms with Gasteiger partial charge in [-0.2, -0.15) is 0 Å². The molecule has 3 saturated heterocycles. The van der Waals surface area contributed by atoms with Gasteiger partial charge in [0.1, 0.15) is 92.1 Å². The van der Waals surface area contributed by atoms with Crippen molar-refractivity contribution in [3.8, 4) is 0 Å². The van der Waals surface area contributed by atoms with Crippen LogP contribution in [0.15, 0.2) is 0 Å². The minimum Gasteiger partial charge on any atom is -0.473 e. The molecule has 0 spiro atoms. The van der Waals surface area contributed by atoms with Crippen molar-refractivity contribution in [3.63, 3.8) is 0 Å². The molecule has 0 aliphatic carbocycles. The van der Waals surface area contributed by atoms with Gasteiger partial charge in [-0.15, -0.1) is 0 Å². The minimum absolute atomic E-state index is 0.0869. The number of rotatable bonds is 13. The summed E-state index contributed by atoms with van der Waals surface area (Å²) in [5.74, 6) is -6.01. The highest BCUT2D eigenvalue weighted by molar-refractivity contribution is 6.27. The van der Waals surface area contributed by atoms with Gasteiger partial charge in [-0.3, -0.25) is 0 Å². The molecule has 0 bridgehead atoms. The lowest BCUT2D eigenvalue weighted by Crippen LogP contribution is -2.63. The number of carbonyl (C=O) groups excluding carboxylic acids is 1. The van der Waals surface area contributed by atoms with Crippen LogP contribution in [0.5, 0.6) is 0 Å². The van der Waals surface area contributed by atoms with E-state index in [1.807, 2.05) is 6.92 Å². The molecule has 0 unspecified atom stereocenters. The third-order valence-electron chi connectivity index (χ3n) is 7.64. The van der Waals surface area contributed by atoms with Crippen molar-refractivity contribution in [1.82, 2.24) is 0 Å². The van der Waals surface area contributed by atoms with Crippen molar-refractivity contribution in [2.24, 2.45) is 0 Å². The number of hydrogen-bond acceptors (Lipinski definition) is 25. The number of carboxylic acid groups (broad SMARTS) is 2. The normalized spacial score (nSPS) is 36.2. The van der Waals surface area contributed by atoms with Crippen molar-refractivity contribution in [1.29, 1.82) is 0 Å². The molecule has 3 aliphatic heterocycles. The van der Waals surface area contributed by atoms with E-state index in [0.717, 1.165) is 6.42 Å². The highest BCUT2D eigenvalue weighted by Crippen LogP contribution is 2.36. The molecule has 0 aromatic carbocycles. The number of aldehydes is 1. The van der Waals surface area contributed by atoms with Crippen LogP contribution in [0.3, 0.4) is 0 Å². The summed E-state index contributed by atoms with van der Waals surface area (Å²) in [5.41, 5.74) is 0. The van der Waals surface area contributed by atoms with Crippen LogP contribution in [0.25, 0.3) is 0 Å². The maximum absolute atomic E-state index is 10.3. The Morgan fingerprint density at radius 2 is 1.12 bits per heavy atom. The largest absolute Gasteiger partial charge is 0.473 e. The molecule has 0 aromatic rings. The van der Waals surface area contributed by atoms with Gasteiger partial charge in [-0.1, -0.05) is 6.92 Å². The van der Waals surface area contributed by atoms with Crippen LogP contribution >= 0.6 is 0 Å². The molecule has 340 valence electrons. The van der Waals surface area contributed by atoms with Crippen molar-refractivity contribution >= 4 is 18.2 Å². The van der Waals surface area contributed by atoms with Gasteiger partial charge in [-0.05, 0) is 13.3 Å². The van der Waals surface area contributed by atoms with Crippen molar-refractivity contribution < 1.29 is 135 Å². The lowest BCUT2D eigenvalue weighted by Gasteiger charge is -2.44. The summed E-state index contributed by atoms with van der Waals surface area (Å²) in [6.07, 6.45) is -25.5. The maximum atomic E-state index is 10.3. The molecule has 19 N–H and O–H groups in total. The summed E-state index contributed by atoms with van der Waals surface area (Å²) in [7, 11) is 0. The molecular formula is C30H58O27. The molecule has 17 atom stereocenters. The molecular weight excluding hydrogens is 792 g/mol. The molecule has 0 aromatic heterocycles. The van der Waals surface area contributed by atoms with E-state index in [2.05, 4.69) is 0 Å². The van der Waals surface area contributed by atoms with Gasteiger partial charge in [0.2, 0.25) is 5.79 Å². The van der Waals surface area contributed by atoms with Crippen LogP contribution in [0.1, 0.15) is 20.3 Å². The monoisotopic (exact) mass is 850 g/mol. The highest BCUT2D eigenvalue weighted by Gasteiger charge is 2.58. The third kappa shape index (κ3) is 17.5. The Balaban J connectivity index is 0. The molecule has 3 fully saturated rings. The summed E-state index contributed by atoms with van der Waals surface area (Å²) in [4.78, 5) is 28.0. The summed E-state index contributed by atoms with van der Waals surface area (Å²) in [6, 6.07) is 0. The van der Waals surface area contributed by atoms with E-state index >= 15 is 0 Å². The number of ether oxygens (including phenoxy) is 5. The van der Waals surface area contributed by atoms with Crippen LogP contribution in [0.4, 0.5) is 0 Å². The van der Waals surface area contributed by atoms with E-state index in [0.29, 0.717) is 6.61 Å². The quantitative estimate of drug-likeness (QED) is 0.0604. The zero-order valence-electron chi connectivity index (χ0n) is 30.7. The number of aliphatic hydroxyl groups excluding tert-OH is 17. The minimum atomic E-state index is -2.36. The fraction of sp³-hybridized carbons (Fsp3) is 0.900. The Morgan fingerprint density at radius 3 is 1.49 bits per heavy atom. The number of hydrogen-bond donors (Lipinski definition) is 19. The van der Waals surface area contributed by atoms with Gasteiger partial charge in [0, 0.05) is 13.2 Å². The van der Waals surface area contributed by atoms with Crippen molar-refractivity contribution in [2.75, 3.05) is 46.2 Å². The van der Waals surface area contributed by atoms with Gasteiger partial charge in [0.15, 0.2) is 18.9 Å². The van der Waals surface area contributed by atoms with Crippen molar-refractivity contribution in [3.05, 3.63) is 0 Å². The average Bonchev–Trinajstić information content (AvgIpc) is 3.44. The molecule has 0 radical (unpaired) electrons. The molecule has 0 amide bonds. The van der Waals surface area contributed by atoms with Gasteiger partial charge in [-0.25, -0.2) is 9.59 Å². The molecule has 3 rings (SSSR count). The zero-order valence-corrected chi connectivity index (χ0v) is 30.7. The molecule has 27 nitrogen and oxygen atoms in total. The maximum Gasteiger partial charge on any atom is 0.414 e. The first-order chi connectivity index (χ1) is 26.6. The van der Waals surface area contributed by atoms with Crippen LogP contribution in [-0.4, -0.2) is 265 Å².